The van der Waals surface area contributed by atoms with E-state index in [0.29, 0.717) is 30.1 Å². The highest BCUT2D eigenvalue weighted by atomic mass is 19.4. The van der Waals surface area contributed by atoms with Gasteiger partial charge >= 0.3 is 6.18 Å². The molecule has 3 fully saturated rings. The zero-order valence-electron chi connectivity index (χ0n) is 15.8. The number of hydrogen-bond donors (Lipinski definition) is 0. The summed E-state index contributed by atoms with van der Waals surface area (Å²) in [6, 6.07) is 11.0. The maximum atomic E-state index is 12.9. The molecule has 1 unspecified atom stereocenters. The van der Waals surface area contributed by atoms with Crippen LogP contribution in [0.2, 0.25) is 0 Å². The number of piperidine rings is 3. The Balaban J connectivity index is 1.28. The number of hydrogen-bond acceptors (Lipinski definition) is 4. The van der Waals surface area contributed by atoms with Gasteiger partial charge in [-0.05, 0) is 67.7 Å². The summed E-state index contributed by atoms with van der Waals surface area (Å²) in [5, 5.41) is 0. The molecule has 2 aromatic carbocycles. The second-order valence-corrected chi connectivity index (χ2v) is 7.88. The Morgan fingerprint density at radius 1 is 1.07 bits per heavy atom. The molecule has 4 heterocycles. The van der Waals surface area contributed by atoms with E-state index >= 15 is 0 Å². The van der Waals surface area contributed by atoms with Crippen molar-refractivity contribution >= 4 is 11.1 Å². The number of fused-ring (bicyclic) bond motifs is 4. The summed E-state index contributed by atoms with van der Waals surface area (Å²) in [7, 11) is 0. The third-order valence-corrected chi connectivity index (χ3v) is 5.98. The molecule has 152 valence electrons. The van der Waals surface area contributed by atoms with Gasteiger partial charge in [0.05, 0.1) is 18.3 Å². The van der Waals surface area contributed by atoms with Gasteiger partial charge in [0.1, 0.15) is 5.52 Å². The van der Waals surface area contributed by atoms with E-state index in [4.69, 9.17) is 9.15 Å². The zero-order valence-corrected chi connectivity index (χ0v) is 15.8. The molecule has 1 aromatic heterocycles. The lowest BCUT2D eigenvalue weighted by atomic mass is 9.86. The first-order chi connectivity index (χ1) is 14.0. The fourth-order valence-corrected chi connectivity index (χ4v) is 4.27. The fourth-order valence-electron chi connectivity index (χ4n) is 4.27. The summed E-state index contributed by atoms with van der Waals surface area (Å²) < 4.78 is 50.4. The standard InChI is InChI=1S/C22H21F3N2O2/c23-22(24,25)17-5-6-19-18(11-17)26-21(29-19)16-3-1-14(2-4-16)13-28-20-12-27-9-7-15(20)8-10-27/h1-6,11,15,20H,7-10,12-13H2. The van der Waals surface area contributed by atoms with Gasteiger partial charge in [-0.1, -0.05) is 12.1 Å². The SMILES string of the molecule is FC(F)(F)c1ccc2oc(-c3ccc(COC4CN5CCC4CC5)cc3)nc2c1. The molecule has 3 saturated heterocycles. The smallest absolute Gasteiger partial charge is 0.416 e. The molecule has 3 aromatic rings. The van der Waals surface area contributed by atoms with E-state index in [2.05, 4.69) is 9.88 Å². The summed E-state index contributed by atoms with van der Waals surface area (Å²) in [6.07, 6.45) is -1.66. The van der Waals surface area contributed by atoms with Crippen LogP contribution < -0.4 is 0 Å². The number of benzene rings is 2. The van der Waals surface area contributed by atoms with Crippen molar-refractivity contribution in [1.82, 2.24) is 9.88 Å². The maximum Gasteiger partial charge on any atom is 0.416 e. The van der Waals surface area contributed by atoms with Crippen molar-refractivity contribution in [3.05, 3.63) is 53.6 Å². The predicted molar refractivity (Wildman–Crippen MR) is 102 cm³/mol. The van der Waals surface area contributed by atoms with Crippen LogP contribution in [0.4, 0.5) is 13.2 Å². The molecule has 6 rings (SSSR count). The van der Waals surface area contributed by atoms with Crippen molar-refractivity contribution < 1.29 is 22.3 Å². The first-order valence-electron chi connectivity index (χ1n) is 9.87. The molecule has 1 atom stereocenters. The van der Waals surface area contributed by atoms with E-state index in [9.17, 15) is 13.2 Å². The molecule has 0 spiro atoms. The summed E-state index contributed by atoms with van der Waals surface area (Å²) >= 11 is 0. The average Bonchev–Trinajstić information content (AvgIpc) is 3.16. The average molecular weight is 402 g/mol. The van der Waals surface area contributed by atoms with E-state index in [-0.39, 0.29) is 5.52 Å². The first kappa shape index (κ1) is 18.6. The third kappa shape index (κ3) is 3.76. The van der Waals surface area contributed by atoms with E-state index in [1.165, 1.54) is 32.0 Å². The predicted octanol–water partition coefficient (Wildman–Crippen LogP) is 5.12. The maximum absolute atomic E-state index is 12.9. The van der Waals surface area contributed by atoms with Crippen LogP contribution in [0.25, 0.3) is 22.6 Å². The Kier molecular flexibility index (Phi) is 4.59. The molecule has 0 saturated carbocycles. The Bertz CT molecular complexity index is 1010. The topological polar surface area (TPSA) is 38.5 Å². The number of rotatable bonds is 4. The van der Waals surface area contributed by atoms with Gasteiger partial charge in [-0.3, -0.25) is 0 Å². The quantitative estimate of drug-likeness (QED) is 0.607. The van der Waals surface area contributed by atoms with Crippen molar-refractivity contribution in [2.45, 2.75) is 31.7 Å². The van der Waals surface area contributed by atoms with Crippen molar-refractivity contribution in [3.8, 4) is 11.5 Å². The Morgan fingerprint density at radius 2 is 1.83 bits per heavy atom. The normalized spacial score (nSPS) is 24.3. The van der Waals surface area contributed by atoms with Gasteiger partial charge in [-0.2, -0.15) is 13.2 Å². The van der Waals surface area contributed by atoms with Gasteiger partial charge in [-0.15, -0.1) is 0 Å². The van der Waals surface area contributed by atoms with Gasteiger partial charge in [0.25, 0.3) is 0 Å². The van der Waals surface area contributed by atoms with E-state index in [1.54, 1.807) is 0 Å². The second kappa shape index (κ2) is 7.15. The summed E-state index contributed by atoms with van der Waals surface area (Å²) in [6.45, 7) is 3.95. The highest BCUT2D eigenvalue weighted by Crippen LogP contribution is 2.33. The molecule has 0 aliphatic carbocycles. The zero-order chi connectivity index (χ0) is 20.0. The number of halogens is 3. The summed E-state index contributed by atoms with van der Waals surface area (Å²) in [5.41, 5.74) is 1.58. The highest BCUT2D eigenvalue weighted by Gasteiger charge is 2.34. The molecule has 2 bridgehead atoms. The van der Waals surface area contributed by atoms with Gasteiger partial charge in [-0.25, -0.2) is 4.98 Å². The molecule has 7 heteroatoms. The number of oxazole rings is 1. The molecule has 0 N–H and O–H groups in total. The van der Waals surface area contributed by atoms with Crippen LogP contribution in [0.5, 0.6) is 0 Å². The number of ether oxygens (including phenoxy) is 1. The third-order valence-electron chi connectivity index (χ3n) is 5.98. The van der Waals surface area contributed by atoms with Crippen LogP contribution in [0.1, 0.15) is 24.0 Å². The molecule has 4 nitrogen and oxygen atoms in total. The lowest BCUT2D eigenvalue weighted by Gasteiger charge is -2.44. The number of aromatic nitrogens is 1. The molecule has 29 heavy (non-hydrogen) atoms. The minimum absolute atomic E-state index is 0.199. The molecule has 3 aliphatic rings. The fraction of sp³-hybridized carbons (Fsp3) is 0.409. The molecule has 0 radical (unpaired) electrons. The number of nitrogens with zero attached hydrogens (tertiary/aromatic N) is 2. The van der Waals surface area contributed by atoms with Gasteiger partial charge < -0.3 is 14.1 Å². The van der Waals surface area contributed by atoms with Crippen molar-refractivity contribution in [1.29, 1.82) is 0 Å². The summed E-state index contributed by atoms with van der Waals surface area (Å²) in [5.74, 6) is 0.977. The van der Waals surface area contributed by atoms with Crippen LogP contribution in [-0.4, -0.2) is 35.6 Å². The Hall–Kier alpha value is -2.38. The highest BCUT2D eigenvalue weighted by molar-refractivity contribution is 5.77. The first-order valence-corrected chi connectivity index (χ1v) is 9.87. The van der Waals surface area contributed by atoms with E-state index in [1.807, 2.05) is 24.3 Å². The van der Waals surface area contributed by atoms with Gasteiger partial charge in [0.15, 0.2) is 5.58 Å². The van der Waals surface area contributed by atoms with Crippen LogP contribution in [0.15, 0.2) is 46.9 Å². The lowest BCUT2D eigenvalue weighted by molar-refractivity contribution is -0.137. The molecule has 0 amide bonds. The van der Waals surface area contributed by atoms with Gasteiger partial charge in [0, 0.05) is 12.1 Å². The second-order valence-electron chi connectivity index (χ2n) is 7.88. The largest absolute Gasteiger partial charge is 0.436 e. The van der Waals surface area contributed by atoms with Crippen molar-refractivity contribution in [3.63, 3.8) is 0 Å². The molecular formula is C22H21F3N2O2. The van der Waals surface area contributed by atoms with Crippen LogP contribution >= 0.6 is 0 Å². The van der Waals surface area contributed by atoms with Crippen LogP contribution in [0, 0.1) is 5.92 Å². The van der Waals surface area contributed by atoms with Crippen LogP contribution in [0.3, 0.4) is 0 Å². The number of alkyl halides is 3. The molecule has 3 aliphatic heterocycles. The van der Waals surface area contributed by atoms with E-state index in [0.717, 1.165) is 29.8 Å². The summed E-state index contributed by atoms with van der Waals surface area (Å²) in [4.78, 5) is 6.69. The minimum Gasteiger partial charge on any atom is -0.436 e. The Morgan fingerprint density at radius 3 is 2.48 bits per heavy atom. The Labute approximate surface area is 166 Å². The lowest BCUT2D eigenvalue weighted by Crippen LogP contribution is -2.51. The van der Waals surface area contributed by atoms with Crippen LogP contribution in [-0.2, 0) is 17.5 Å². The van der Waals surface area contributed by atoms with Crippen molar-refractivity contribution in [2.24, 2.45) is 5.92 Å². The van der Waals surface area contributed by atoms with Crippen molar-refractivity contribution in [2.75, 3.05) is 19.6 Å². The molecular weight excluding hydrogens is 381 g/mol. The van der Waals surface area contributed by atoms with E-state index < -0.39 is 11.7 Å². The monoisotopic (exact) mass is 402 g/mol. The van der Waals surface area contributed by atoms with Gasteiger partial charge in [0.2, 0.25) is 5.89 Å². The minimum atomic E-state index is -4.40.